The van der Waals surface area contributed by atoms with E-state index >= 15 is 0 Å². The molecule has 0 saturated heterocycles. The van der Waals surface area contributed by atoms with Crippen LogP contribution in [0.4, 0.5) is 13.2 Å². The van der Waals surface area contributed by atoms with E-state index in [1.165, 1.54) is 7.05 Å². The molecule has 0 saturated carbocycles. The zero-order valence-corrected chi connectivity index (χ0v) is 7.80. The van der Waals surface area contributed by atoms with Gasteiger partial charge in [0.1, 0.15) is 0 Å². The van der Waals surface area contributed by atoms with Gasteiger partial charge in [0.05, 0.1) is 0 Å². The van der Waals surface area contributed by atoms with E-state index in [-0.39, 0.29) is 6.54 Å². The van der Waals surface area contributed by atoms with Crippen molar-refractivity contribution < 1.29 is 13.2 Å². The first-order valence-corrected chi connectivity index (χ1v) is 4.09. The standard InChI is InChI=1S/C7H10F3N3O/c1-3-4-13-5(7(8,9)10)11-12(2)6(13)14/h3-4H2,1-2H3. The third-order valence-corrected chi connectivity index (χ3v) is 1.71. The molecule has 4 nitrogen and oxygen atoms in total. The Kier molecular flexibility index (Phi) is 2.68. The summed E-state index contributed by atoms with van der Waals surface area (Å²) in [7, 11) is 1.20. The number of nitrogens with zero attached hydrogens (tertiary/aromatic N) is 3. The zero-order chi connectivity index (χ0) is 10.9. The number of hydrogen-bond acceptors (Lipinski definition) is 2. The van der Waals surface area contributed by atoms with Gasteiger partial charge in [-0.15, -0.1) is 5.10 Å². The van der Waals surface area contributed by atoms with Crippen LogP contribution >= 0.6 is 0 Å². The third-order valence-electron chi connectivity index (χ3n) is 1.71. The molecule has 14 heavy (non-hydrogen) atoms. The largest absolute Gasteiger partial charge is 0.451 e. The minimum Gasteiger partial charge on any atom is -0.271 e. The SMILES string of the molecule is CCCn1c(C(F)(F)F)nn(C)c1=O. The van der Waals surface area contributed by atoms with Crippen molar-refractivity contribution in [1.29, 1.82) is 0 Å². The number of aromatic nitrogens is 3. The number of alkyl halides is 3. The molecule has 1 aromatic heterocycles. The Morgan fingerprint density at radius 3 is 2.43 bits per heavy atom. The molecule has 0 atom stereocenters. The van der Waals surface area contributed by atoms with Crippen molar-refractivity contribution in [3.8, 4) is 0 Å². The molecule has 0 spiro atoms. The zero-order valence-electron chi connectivity index (χ0n) is 7.80. The molecule has 0 bridgehead atoms. The van der Waals surface area contributed by atoms with Gasteiger partial charge in [-0.3, -0.25) is 4.57 Å². The van der Waals surface area contributed by atoms with Gasteiger partial charge in [0.25, 0.3) is 0 Å². The lowest BCUT2D eigenvalue weighted by Gasteiger charge is -2.06. The summed E-state index contributed by atoms with van der Waals surface area (Å²) in [6, 6.07) is 0. The maximum Gasteiger partial charge on any atom is 0.451 e. The molecular weight excluding hydrogens is 199 g/mol. The summed E-state index contributed by atoms with van der Waals surface area (Å²) in [5.41, 5.74) is -0.737. The second kappa shape index (κ2) is 3.47. The summed E-state index contributed by atoms with van der Waals surface area (Å²) in [5, 5.41) is 3.14. The summed E-state index contributed by atoms with van der Waals surface area (Å²) in [4.78, 5) is 11.2. The fourth-order valence-electron chi connectivity index (χ4n) is 1.14. The highest BCUT2D eigenvalue weighted by Gasteiger charge is 2.38. The van der Waals surface area contributed by atoms with Crippen molar-refractivity contribution >= 4 is 0 Å². The Balaban J connectivity index is 3.30. The van der Waals surface area contributed by atoms with E-state index in [0.29, 0.717) is 15.7 Å². The molecule has 0 aliphatic heterocycles. The van der Waals surface area contributed by atoms with Crippen molar-refractivity contribution in [1.82, 2.24) is 14.3 Å². The Bertz CT molecular complexity index is 377. The molecule has 0 fully saturated rings. The van der Waals surface area contributed by atoms with Crippen LogP contribution in [0.3, 0.4) is 0 Å². The van der Waals surface area contributed by atoms with Crippen LogP contribution in [0.25, 0.3) is 0 Å². The van der Waals surface area contributed by atoms with Crippen molar-refractivity contribution in [2.45, 2.75) is 26.1 Å². The maximum absolute atomic E-state index is 12.3. The summed E-state index contributed by atoms with van der Waals surface area (Å²) in [5.74, 6) is -1.13. The highest BCUT2D eigenvalue weighted by molar-refractivity contribution is 4.92. The Hall–Kier alpha value is -1.27. The van der Waals surface area contributed by atoms with E-state index < -0.39 is 17.7 Å². The molecule has 0 unspecified atom stereocenters. The first-order valence-electron chi connectivity index (χ1n) is 4.09. The normalized spacial score (nSPS) is 12.1. The quantitative estimate of drug-likeness (QED) is 0.729. The van der Waals surface area contributed by atoms with Crippen molar-refractivity contribution in [3.05, 3.63) is 16.3 Å². The van der Waals surface area contributed by atoms with Crippen molar-refractivity contribution in [2.24, 2.45) is 7.05 Å². The third kappa shape index (κ3) is 1.80. The molecule has 1 rings (SSSR count). The van der Waals surface area contributed by atoms with E-state index in [4.69, 9.17) is 0 Å². The summed E-state index contributed by atoms with van der Waals surface area (Å²) in [6.45, 7) is 1.72. The Labute approximate surface area is 78.0 Å². The molecule has 0 aliphatic rings. The van der Waals surface area contributed by atoms with Crippen LogP contribution < -0.4 is 5.69 Å². The van der Waals surface area contributed by atoms with Gasteiger partial charge in [0, 0.05) is 13.6 Å². The lowest BCUT2D eigenvalue weighted by Crippen LogP contribution is -2.25. The average Bonchev–Trinajstić information content (AvgIpc) is 2.32. The van der Waals surface area contributed by atoms with E-state index in [1.54, 1.807) is 6.92 Å². The average molecular weight is 209 g/mol. The maximum atomic E-state index is 12.3. The van der Waals surface area contributed by atoms with Gasteiger partial charge >= 0.3 is 11.9 Å². The molecule has 0 amide bonds. The minimum atomic E-state index is -4.57. The summed E-state index contributed by atoms with van der Waals surface area (Å²) >= 11 is 0. The molecule has 0 radical (unpaired) electrons. The minimum absolute atomic E-state index is 0.0293. The fraction of sp³-hybridized carbons (Fsp3) is 0.714. The first-order chi connectivity index (χ1) is 6.38. The number of aryl methyl sites for hydroxylation is 1. The second-order valence-corrected chi connectivity index (χ2v) is 2.88. The van der Waals surface area contributed by atoms with Gasteiger partial charge in [-0.1, -0.05) is 6.92 Å². The summed E-state index contributed by atoms with van der Waals surface area (Å²) < 4.78 is 38.3. The van der Waals surface area contributed by atoms with Crippen molar-refractivity contribution in [3.63, 3.8) is 0 Å². The topological polar surface area (TPSA) is 39.8 Å². The highest BCUT2D eigenvalue weighted by Crippen LogP contribution is 2.26. The van der Waals surface area contributed by atoms with Crippen molar-refractivity contribution in [2.75, 3.05) is 0 Å². The fourth-order valence-corrected chi connectivity index (χ4v) is 1.14. The molecule has 1 heterocycles. The van der Waals surface area contributed by atoms with Gasteiger partial charge in [-0.25, -0.2) is 9.48 Å². The molecule has 80 valence electrons. The molecular formula is C7H10F3N3O. The Morgan fingerprint density at radius 1 is 1.43 bits per heavy atom. The van der Waals surface area contributed by atoms with Crippen LogP contribution in [0, 0.1) is 0 Å². The van der Waals surface area contributed by atoms with Crippen LogP contribution in [0.1, 0.15) is 19.2 Å². The van der Waals surface area contributed by atoms with E-state index in [2.05, 4.69) is 5.10 Å². The predicted molar refractivity (Wildman–Crippen MR) is 42.8 cm³/mol. The summed E-state index contributed by atoms with van der Waals surface area (Å²) in [6.07, 6.45) is -4.12. The van der Waals surface area contributed by atoms with Crippen LogP contribution in [0.15, 0.2) is 4.79 Å². The van der Waals surface area contributed by atoms with Crippen LogP contribution in [0.2, 0.25) is 0 Å². The number of hydrogen-bond donors (Lipinski definition) is 0. The molecule has 0 aromatic carbocycles. The molecule has 1 aromatic rings. The van der Waals surface area contributed by atoms with Crippen LogP contribution in [0.5, 0.6) is 0 Å². The predicted octanol–water partition coefficient (Wildman–Crippen LogP) is 1.01. The number of halogens is 3. The van der Waals surface area contributed by atoms with Gasteiger partial charge in [-0.2, -0.15) is 13.2 Å². The lowest BCUT2D eigenvalue weighted by atomic mass is 10.4. The van der Waals surface area contributed by atoms with E-state index in [0.717, 1.165) is 0 Å². The molecule has 0 N–H and O–H groups in total. The molecule has 0 aliphatic carbocycles. The first kappa shape index (κ1) is 10.8. The van der Waals surface area contributed by atoms with Gasteiger partial charge in [-0.05, 0) is 6.42 Å². The van der Waals surface area contributed by atoms with Gasteiger partial charge in [0.2, 0.25) is 5.82 Å². The van der Waals surface area contributed by atoms with Crippen LogP contribution in [-0.2, 0) is 19.8 Å². The molecule has 7 heteroatoms. The number of rotatable bonds is 2. The highest BCUT2D eigenvalue weighted by atomic mass is 19.4. The Morgan fingerprint density at radius 2 is 2.00 bits per heavy atom. The van der Waals surface area contributed by atoms with Gasteiger partial charge in [0.15, 0.2) is 0 Å². The lowest BCUT2D eigenvalue weighted by molar-refractivity contribution is -0.147. The second-order valence-electron chi connectivity index (χ2n) is 2.88. The monoisotopic (exact) mass is 209 g/mol. The smallest absolute Gasteiger partial charge is 0.271 e. The van der Waals surface area contributed by atoms with E-state index in [1.807, 2.05) is 0 Å². The van der Waals surface area contributed by atoms with E-state index in [9.17, 15) is 18.0 Å². The van der Waals surface area contributed by atoms with Gasteiger partial charge < -0.3 is 0 Å². The van der Waals surface area contributed by atoms with Crippen LogP contribution in [-0.4, -0.2) is 14.3 Å².